The molecule has 0 saturated carbocycles. The molecule has 0 bridgehead atoms. The summed E-state index contributed by atoms with van der Waals surface area (Å²) in [6.07, 6.45) is 0. The van der Waals surface area contributed by atoms with Crippen LogP contribution in [-0.4, -0.2) is 32.2 Å². The van der Waals surface area contributed by atoms with Crippen molar-refractivity contribution in [3.8, 4) is 11.5 Å². The highest BCUT2D eigenvalue weighted by molar-refractivity contribution is 7.86. The Labute approximate surface area is 162 Å². The third-order valence-electron chi connectivity index (χ3n) is 4.52. The quantitative estimate of drug-likeness (QED) is 0.405. The fraction of sp³-hybridized carbons (Fsp3) is 0.333. The normalized spacial score (nSPS) is 18.7. The summed E-state index contributed by atoms with van der Waals surface area (Å²) in [7, 11) is -3.72. The first kappa shape index (κ1) is 19.6. The first-order chi connectivity index (χ1) is 12.8. The van der Waals surface area contributed by atoms with Crippen LogP contribution < -0.4 is 4.74 Å². The van der Waals surface area contributed by atoms with Crippen molar-refractivity contribution in [3.05, 3.63) is 68.7 Å². The van der Waals surface area contributed by atoms with Crippen molar-refractivity contribution < 1.29 is 22.3 Å². The van der Waals surface area contributed by atoms with Gasteiger partial charge in [0.2, 0.25) is 6.54 Å². The van der Waals surface area contributed by atoms with Crippen LogP contribution in [0.3, 0.4) is 0 Å². The molecule has 2 atom stereocenters. The predicted molar refractivity (Wildman–Crippen MR) is 101 cm³/mol. The molecule has 0 aliphatic carbocycles. The van der Waals surface area contributed by atoms with E-state index in [1.54, 1.807) is 42.5 Å². The minimum absolute atomic E-state index is 0.185. The Bertz CT molecular complexity index is 962. The highest BCUT2D eigenvalue weighted by Crippen LogP contribution is 2.47. The molecule has 9 heteroatoms. The standard InChI is InChI=1S/C18H18ClNO6S/c1-2-27(23,24)25-11-16-14-9-12(19)7-8-18(14)26-17-6-4-3-5-13(17)15(16)10-20(21)22/h3-9,15-16H,2,10-11H2,1H3. The first-order valence-electron chi connectivity index (χ1n) is 8.36. The minimum atomic E-state index is -3.72. The number of halogens is 1. The number of nitrogens with zero attached hydrogens (tertiary/aromatic N) is 1. The second-order valence-corrected chi connectivity index (χ2v) is 8.55. The van der Waals surface area contributed by atoms with Crippen LogP contribution in [0.4, 0.5) is 0 Å². The van der Waals surface area contributed by atoms with Crippen LogP contribution in [0.2, 0.25) is 5.02 Å². The average Bonchev–Trinajstić information content (AvgIpc) is 2.74. The number of hydrogen-bond acceptors (Lipinski definition) is 6. The van der Waals surface area contributed by atoms with Gasteiger partial charge < -0.3 is 4.74 Å². The van der Waals surface area contributed by atoms with Gasteiger partial charge in [-0.05, 0) is 31.2 Å². The van der Waals surface area contributed by atoms with Crippen LogP contribution in [0.15, 0.2) is 42.5 Å². The van der Waals surface area contributed by atoms with E-state index in [0.29, 0.717) is 27.6 Å². The van der Waals surface area contributed by atoms with Gasteiger partial charge in [-0.15, -0.1) is 0 Å². The van der Waals surface area contributed by atoms with Gasteiger partial charge in [-0.3, -0.25) is 14.3 Å². The van der Waals surface area contributed by atoms with E-state index in [9.17, 15) is 18.5 Å². The Hall–Kier alpha value is -2.16. The zero-order valence-electron chi connectivity index (χ0n) is 14.5. The largest absolute Gasteiger partial charge is 0.457 e. The molecule has 0 N–H and O–H groups in total. The molecule has 0 saturated heterocycles. The Morgan fingerprint density at radius 3 is 2.56 bits per heavy atom. The third kappa shape index (κ3) is 4.40. The zero-order chi connectivity index (χ0) is 19.6. The van der Waals surface area contributed by atoms with Gasteiger partial charge in [0.05, 0.1) is 18.3 Å². The maximum Gasteiger partial charge on any atom is 0.267 e. The molecule has 1 aliphatic rings. The lowest BCUT2D eigenvalue weighted by molar-refractivity contribution is -0.484. The first-order valence-corrected chi connectivity index (χ1v) is 10.3. The highest BCUT2D eigenvalue weighted by atomic mass is 35.5. The molecular weight excluding hydrogens is 394 g/mol. The van der Waals surface area contributed by atoms with Crippen molar-refractivity contribution in [1.82, 2.24) is 0 Å². The minimum Gasteiger partial charge on any atom is -0.457 e. The lowest BCUT2D eigenvalue weighted by Gasteiger charge is -2.23. The van der Waals surface area contributed by atoms with Crippen molar-refractivity contribution in [2.75, 3.05) is 18.9 Å². The fourth-order valence-corrected chi connectivity index (χ4v) is 3.89. The molecule has 1 aliphatic heterocycles. The number of rotatable bonds is 6. The summed E-state index contributed by atoms with van der Waals surface area (Å²) in [5, 5.41) is 11.8. The van der Waals surface area contributed by atoms with Crippen molar-refractivity contribution in [3.63, 3.8) is 0 Å². The summed E-state index contributed by atoms with van der Waals surface area (Å²) in [6.45, 7) is 0.840. The molecule has 144 valence electrons. The van der Waals surface area contributed by atoms with Gasteiger partial charge in [0, 0.05) is 27.0 Å². The molecule has 27 heavy (non-hydrogen) atoms. The summed E-state index contributed by atoms with van der Waals surface area (Å²) in [5.74, 6) is -0.472. The summed E-state index contributed by atoms with van der Waals surface area (Å²) in [6, 6.07) is 12.0. The van der Waals surface area contributed by atoms with E-state index < -0.39 is 33.4 Å². The average molecular weight is 412 g/mol. The van der Waals surface area contributed by atoms with Crippen molar-refractivity contribution >= 4 is 21.7 Å². The van der Waals surface area contributed by atoms with Crippen LogP contribution in [0, 0.1) is 10.1 Å². The van der Waals surface area contributed by atoms with E-state index >= 15 is 0 Å². The van der Waals surface area contributed by atoms with Crippen LogP contribution in [0.1, 0.15) is 29.9 Å². The van der Waals surface area contributed by atoms with Crippen molar-refractivity contribution in [2.45, 2.75) is 18.8 Å². The van der Waals surface area contributed by atoms with Gasteiger partial charge >= 0.3 is 0 Å². The Morgan fingerprint density at radius 1 is 1.15 bits per heavy atom. The molecule has 0 aromatic heterocycles. The van der Waals surface area contributed by atoms with E-state index in [0.717, 1.165) is 0 Å². The number of fused-ring (bicyclic) bond motifs is 2. The molecule has 3 rings (SSSR count). The highest BCUT2D eigenvalue weighted by Gasteiger charge is 2.37. The third-order valence-corrected chi connectivity index (χ3v) is 5.96. The number of benzene rings is 2. The van der Waals surface area contributed by atoms with E-state index in [-0.39, 0.29) is 12.4 Å². The number of para-hydroxylation sites is 1. The Kier molecular flexibility index (Phi) is 5.69. The fourth-order valence-electron chi connectivity index (χ4n) is 3.19. The van der Waals surface area contributed by atoms with E-state index in [2.05, 4.69) is 0 Å². The molecule has 7 nitrogen and oxygen atoms in total. The molecule has 0 spiro atoms. The second-order valence-electron chi connectivity index (χ2n) is 6.18. The van der Waals surface area contributed by atoms with Gasteiger partial charge in [-0.1, -0.05) is 29.8 Å². The lowest BCUT2D eigenvalue weighted by Crippen LogP contribution is -2.24. The smallest absolute Gasteiger partial charge is 0.267 e. The van der Waals surface area contributed by atoms with Gasteiger partial charge in [0.25, 0.3) is 10.1 Å². The molecule has 0 amide bonds. The number of nitro groups is 1. The van der Waals surface area contributed by atoms with Crippen LogP contribution in [0.25, 0.3) is 0 Å². The second kappa shape index (κ2) is 7.84. The summed E-state index contributed by atoms with van der Waals surface area (Å²) in [5.41, 5.74) is 1.21. The molecule has 0 fully saturated rings. The van der Waals surface area contributed by atoms with E-state index in [1.807, 2.05) is 0 Å². The van der Waals surface area contributed by atoms with Crippen LogP contribution >= 0.6 is 11.6 Å². The molecule has 2 unspecified atom stereocenters. The maximum atomic E-state index is 11.9. The predicted octanol–water partition coefficient (Wildman–Crippen LogP) is 3.96. The monoisotopic (exact) mass is 411 g/mol. The number of ether oxygens (including phenoxy) is 1. The van der Waals surface area contributed by atoms with E-state index in [1.165, 1.54) is 6.92 Å². The van der Waals surface area contributed by atoms with Crippen LogP contribution in [0.5, 0.6) is 11.5 Å². The van der Waals surface area contributed by atoms with Gasteiger partial charge in [-0.2, -0.15) is 8.42 Å². The van der Waals surface area contributed by atoms with Gasteiger partial charge in [0.1, 0.15) is 11.5 Å². The Balaban J connectivity index is 2.14. The summed E-state index contributed by atoms with van der Waals surface area (Å²) in [4.78, 5) is 10.9. The molecule has 2 aromatic carbocycles. The van der Waals surface area contributed by atoms with Crippen molar-refractivity contribution in [2.24, 2.45) is 0 Å². The maximum absolute atomic E-state index is 11.9. The number of hydrogen-bond donors (Lipinski definition) is 0. The molecule has 1 heterocycles. The van der Waals surface area contributed by atoms with Crippen LogP contribution in [-0.2, 0) is 14.3 Å². The molecular formula is C18H18ClNO6S. The molecule has 2 aromatic rings. The topological polar surface area (TPSA) is 95.7 Å². The lowest BCUT2D eigenvalue weighted by atomic mass is 9.82. The van der Waals surface area contributed by atoms with E-state index in [4.69, 9.17) is 20.5 Å². The molecule has 0 radical (unpaired) electrons. The van der Waals surface area contributed by atoms with Crippen molar-refractivity contribution in [1.29, 1.82) is 0 Å². The zero-order valence-corrected chi connectivity index (χ0v) is 16.1. The van der Waals surface area contributed by atoms with Gasteiger partial charge in [0.15, 0.2) is 0 Å². The SMILES string of the molecule is CCS(=O)(=O)OCC1c2cc(Cl)ccc2Oc2ccccc2C1C[N+](=O)[O-]. The summed E-state index contributed by atoms with van der Waals surface area (Å²) < 4.78 is 34.9. The van der Waals surface area contributed by atoms with Gasteiger partial charge in [-0.25, -0.2) is 0 Å². The summed E-state index contributed by atoms with van der Waals surface area (Å²) >= 11 is 6.13. The Morgan fingerprint density at radius 2 is 1.85 bits per heavy atom.